The second-order valence-corrected chi connectivity index (χ2v) is 15.2. The minimum Gasteiger partial charge on any atom is -0.509 e. The molecule has 266 valence electrons. The molecule has 0 saturated heterocycles. The third kappa shape index (κ3) is 7.12. The number of nitrogens with zero attached hydrogens (tertiary/aromatic N) is 4. The second kappa shape index (κ2) is 15.0. The number of aryl methyl sites for hydroxylation is 2. The standard InChI is InChI=1S/C45H50N4O.Pt/c1-9-11-18-40-44(43-29(3)15-14-16-30(43)4)31(5)47-49(40)34-25-33(45(6,7)8)26-36(27-34)50-35-20-21-38-37-17-12-13-19-39(37)48(41(38)28-35)42-24-32(10-2)22-23-46-42;/h12-13,15,17,19-26,30,43H,9-11,14,16,18H2,1-8H3;/q-2;+2/t30-,43?;/m0./s1. The Morgan fingerprint density at radius 1 is 0.941 bits per heavy atom. The molecule has 1 aliphatic rings. The molecule has 0 bridgehead atoms. The van der Waals surface area contributed by atoms with Crippen molar-refractivity contribution in [3.05, 3.63) is 119 Å². The summed E-state index contributed by atoms with van der Waals surface area (Å²) in [5, 5.41) is 7.54. The molecule has 0 radical (unpaired) electrons. The fourth-order valence-electron chi connectivity index (χ4n) is 7.83. The number of hydrogen-bond donors (Lipinski definition) is 0. The fraction of sp³-hybridized carbons (Fsp3) is 0.378. The largest absolute Gasteiger partial charge is 2.00 e. The van der Waals surface area contributed by atoms with Gasteiger partial charge in [-0.05, 0) is 92.1 Å². The molecule has 3 aromatic carbocycles. The minimum atomic E-state index is -0.107. The van der Waals surface area contributed by atoms with Crippen LogP contribution in [0.15, 0.2) is 78.5 Å². The van der Waals surface area contributed by atoms with Crippen molar-refractivity contribution in [2.75, 3.05) is 0 Å². The molecule has 6 heteroatoms. The molecule has 2 atom stereocenters. The molecule has 0 fully saturated rings. The molecule has 3 heterocycles. The van der Waals surface area contributed by atoms with Crippen LogP contribution in [-0.4, -0.2) is 19.3 Å². The summed E-state index contributed by atoms with van der Waals surface area (Å²) in [4.78, 5) is 4.79. The number of pyridine rings is 1. The van der Waals surface area contributed by atoms with Gasteiger partial charge in [0.1, 0.15) is 5.82 Å². The number of hydrogen-bond acceptors (Lipinski definition) is 3. The van der Waals surface area contributed by atoms with Crippen molar-refractivity contribution in [2.24, 2.45) is 5.92 Å². The number of unbranched alkanes of at least 4 members (excludes halogenated alkanes) is 1. The van der Waals surface area contributed by atoms with Crippen LogP contribution in [0.1, 0.15) is 108 Å². The maximum absolute atomic E-state index is 6.73. The molecule has 1 unspecified atom stereocenters. The average molecular weight is 858 g/mol. The summed E-state index contributed by atoms with van der Waals surface area (Å²) in [5.74, 6) is 3.17. The van der Waals surface area contributed by atoms with Gasteiger partial charge in [0.25, 0.3) is 0 Å². The van der Waals surface area contributed by atoms with Crippen LogP contribution >= 0.6 is 0 Å². The van der Waals surface area contributed by atoms with Gasteiger partial charge in [0.05, 0.1) is 5.69 Å². The molecule has 6 aromatic rings. The number of allylic oxidation sites excluding steroid dienone is 2. The average Bonchev–Trinajstić information content (AvgIpc) is 3.60. The maximum atomic E-state index is 6.73. The van der Waals surface area contributed by atoms with Crippen molar-refractivity contribution in [1.82, 2.24) is 19.3 Å². The first kappa shape index (κ1) is 36.8. The molecular formula is C45H50N4OPt. The van der Waals surface area contributed by atoms with Crippen molar-refractivity contribution in [2.45, 2.75) is 105 Å². The van der Waals surface area contributed by atoms with Gasteiger partial charge in [-0.2, -0.15) is 11.2 Å². The zero-order chi connectivity index (χ0) is 35.2. The topological polar surface area (TPSA) is 44.9 Å². The first-order valence-electron chi connectivity index (χ1n) is 18.5. The minimum absolute atomic E-state index is 0. The van der Waals surface area contributed by atoms with E-state index >= 15 is 0 Å². The van der Waals surface area contributed by atoms with E-state index in [4.69, 9.17) is 14.8 Å². The van der Waals surface area contributed by atoms with E-state index in [-0.39, 0.29) is 26.5 Å². The van der Waals surface area contributed by atoms with E-state index in [9.17, 15) is 0 Å². The molecular weight excluding hydrogens is 808 g/mol. The summed E-state index contributed by atoms with van der Waals surface area (Å²) >= 11 is 0. The van der Waals surface area contributed by atoms with Crippen LogP contribution in [-0.2, 0) is 39.3 Å². The monoisotopic (exact) mass is 857 g/mol. The predicted octanol–water partition coefficient (Wildman–Crippen LogP) is 11.7. The van der Waals surface area contributed by atoms with Crippen LogP contribution in [0.3, 0.4) is 0 Å². The van der Waals surface area contributed by atoms with Gasteiger partial charge in [-0.25, -0.2) is 4.98 Å². The van der Waals surface area contributed by atoms with Gasteiger partial charge in [0, 0.05) is 40.4 Å². The number of aromatic nitrogens is 4. The first-order valence-corrected chi connectivity index (χ1v) is 18.5. The molecule has 51 heavy (non-hydrogen) atoms. The van der Waals surface area contributed by atoms with E-state index in [1.165, 1.54) is 39.8 Å². The zero-order valence-corrected chi connectivity index (χ0v) is 33.6. The Balaban J connectivity index is 0.00000448. The molecule has 5 nitrogen and oxygen atoms in total. The SMILES string of the molecule is CCCCc1c(C2C(C)=CCC[C@@H]2C)c(C)nn1-c1[c-]c(Oc2[c-]c3c(cc2)c2ccccc2n3-c2cc(CC)ccn2)cc(C(C)(C)C)c1.[Pt+2]. The van der Waals surface area contributed by atoms with Gasteiger partial charge in [-0.1, -0.05) is 83.3 Å². The van der Waals surface area contributed by atoms with Crippen molar-refractivity contribution in [1.29, 1.82) is 0 Å². The van der Waals surface area contributed by atoms with Crippen LogP contribution in [0.4, 0.5) is 0 Å². The summed E-state index contributed by atoms with van der Waals surface area (Å²) in [6, 6.07) is 28.6. The molecule has 0 spiro atoms. The Morgan fingerprint density at radius 3 is 2.49 bits per heavy atom. The Morgan fingerprint density at radius 2 is 1.75 bits per heavy atom. The van der Waals surface area contributed by atoms with Crippen LogP contribution in [0, 0.1) is 25.0 Å². The number of para-hydroxylation sites is 1. The van der Waals surface area contributed by atoms with Gasteiger partial charge in [-0.3, -0.25) is 4.68 Å². The third-order valence-corrected chi connectivity index (χ3v) is 10.6. The van der Waals surface area contributed by atoms with E-state index in [2.05, 4.69) is 137 Å². The summed E-state index contributed by atoms with van der Waals surface area (Å²) in [7, 11) is 0. The molecule has 0 N–H and O–H groups in total. The number of rotatable bonds is 9. The van der Waals surface area contributed by atoms with Crippen LogP contribution < -0.4 is 4.74 Å². The van der Waals surface area contributed by atoms with Gasteiger partial charge in [0.15, 0.2) is 0 Å². The van der Waals surface area contributed by atoms with Crippen LogP contribution in [0.5, 0.6) is 11.5 Å². The second-order valence-electron chi connectivity index (χ2n) is 15.2. The van der Waals surface area contributed by atoms with Crippen LogP contribution in [0.25, 0.3) is 33.3 Å². The molecule has 0 saturated carbocycles. The summed E-state index contributed by atoms with van der Waals surface area (Å²) in [5.41, 5.74) is 10.6. The molecule has 0 amide bonds. The number of fused-ring (bicyclic) bond motifs is 3. The van der Waals surface area contributed by atoms with Gasteiger partial charge in [-0.15, -0.1) is 41.3 Å². The van der Waals surface area contributed by atoms with Crippen molar-refractivity contribution < 1.29 is 25.8 Å². The molecule has 7 rings (SSSR count). The zero-order valence-electron chi connectivity index (χ0n) is 31.3. The number of benzene rings is 3. The Kier molecular flexibility index (Phi) is 10.8. The molecule has 3 aromatic heterocycles. The first-order chi connectivity index (χ1) is 24.1. The molecule has 1 aliphatic carbocycles. The number of ether oxygens (including phenoxy) is 1. The van der Waals surface area contributed by atoms with Crippen molar-refractivity contribution in [3.8, 4) is 23.0 Å². The predicted molar refractivity (Wildman–Crippen MR) is 206 cm³/mol. The van der Waals surface area contributed by atoms with Crippen LogP contribution in [0.2, 0.25) is 0 Å². The van der Waals surface area contributed by atoms with Crippen molar-refractivity contribution in [3.63, 3.8) is 0 Å². The summed E-state index contributed by atoms with van der Waals surface area (Å²) in [6.07, 6.45) is 10.9. The summed E-state index contributed by atoms with van der Waals surface area (Å²) < 4.78 is 11.1. The van der Waals surface area contributed by atoms with Gasteiger partial charge >= 0.3 is 21.1 Å². The Labute approximate surface area is 318 Å². The van der Waals surface area contributed by atoms with E-state index in [0.29, 0.717) is 23.3 Å². The summed E-state index contributed by atoms with van der Waals surface area (Å²) in [6.45, 7) is 18.1. The Bertz CT molecular complexity index is 2220. The normalized spacial score (nSPS) is 16.4. The smallest absolute Gasteiger partial charge is 0.509 e. The molecule has 0 aliphatic heterocycles. The maximum Gasteiger partial charge on any atom is 2.00 e. The van der Waals surface area contributed by atoms with E-state index in [0.717, 1.165) is 65.7 Å². The quantitative estimate of drug-likeness (QED) is 0.107. The van der Waals surface area contributed by atoms with Crippen molar-refractivity contribution >= 4 is 21.8 Å². The fourth-order valence-corrected chi connectivity index (χ4v) is 7.83. The van der Waals surface area contributed by atoms with E-state index in [1.54, 1.807) is 0 Å². The van der Waals surface area contributed by atoms with E-state index in [1.807, 2.05) is 12.3 Å². The third-order valence-electron chi connectivity index (χ3n) is 10.6. The van der Waals surface area contributed by atoms with Gasteiger partial charge in [0.2, 0.25) is 0 Å². The Hall–Kier alpha value is -3.95. The van der Waals surface area contributed by atoms with E-state index < -0.39 is 0 Å². The van der Waals surface area contributed by atoms with Gasteiger partial charge < -0.3 is 9.30 Å².